The molecule has 1 heterocycles. The van der Waals surface area contributed by atoms with Crippen LogP contribution >= 0.6 is 24.0 Å². The average molecular weight is 557 g/mol. The zero-order chi connectivity index (χ0) is 21.5. The first-order valence-electron chi connectivity index (χ1n) is 11.1. The summed E-state index contributed by atoms with van der Waals surface area (Å²) in [7, 11) is -2.97. The highest BCUT2D eigenvalue weighted by atomic mass is 127. The molecule has 1 amide bonds. The summed E-state index contributed by atoms with van der Waals surface area (Å²) < 4.78 is 22.9. The first-order valence-corrected chi connectivity index (χ1v) is 13.2. The highest BCUT2D eigenvalue weighted by Crippen LogP contribution is 2.27. The second-order valence-electron chi connectivity index (χ2n) is 9.49. The molecule has 0 aromatic heterocycles. The van der Waals surface area contributed by atoms with Crippen molar-refractivity contribution in [1.29, 1.82) is 0 Å². The molecule has 1 aliphatic carbocycles. The van der Waals surface area contributed by atoms with Crippen molar-refractivity contribution in [3.8, 4) is 0 Å². The molecular weight excluding hydrogens is 515 g/mol. The van der Waals surface area contributed by atoms with Crippen molar-refractivity contribution < 1.29 is 13.2 Å². The van der Waals surface area contributed by atoms with Crippen molar-refractivity contribution in [3.63, 3.8) is 0 Å². The Morgan fingerprint density at radius 2 is 1.83 bits per heavy atom. The van der Waals surface area contributed by atoms with Gasteiger partial charge in [0.05, 0.1) is 5.75 Å². The molecule has 1 atom stereocenters. The number of likely N-dealkylation sites (tertiary alicyclic amines) is 1. The van der Waals surface area contributed by atoms with Crippen molar-refractivity contribution in [2.45, 2.75) is 71.8 Å². The standard InChI is InChI=1S/C21H40N4O3S.HI/c1-5-22-20(23-16-21(2,3)12-14-29(4,27)28)24-18-11-13-25(15-18)19(26)17-9-7-6-8-10-17;/h17-18H,5-16H2,1-4H3,(H2,22,23,24);1H. The van der Waals surface area contributed by atoms with E-state index >= 15 is 0 Å². The quantitative estimate of drug-likeness (QED) is 0.273. The van der Waals surface area contributed by atoms with Gasteiger partial charge in [-0.3, -0.25) is 9.79 Å². The van der Waals surface area contributed by atoms with Gasteiger partial charge in [0.15, 0.2) is 5.96 Å². The normalized spacial score (nSPS) is 21.3. The first-order chi connectivity index (χ1) is 13.6. The Kier molecular flexibility index (Phi) is 11.4. The van der Waals surface area contributed by atoms with E-state index in [4.69, 9.17) is 4.99 Å². The minimum absolute atomic E-state index is 0. The Bertz CT molecular complexity index is 676. The van der Waals surface area contributed by atoms with Gasteiger partial charge in [-0.25, -0.2) is 8.42 Å². The Labute approximate surface area is 200 Å². The number of amides is 1. The van der Waals surface area contributed by atoms with Crippen LogP contribution in [-0.4, -0.2) is 69.4 Å². The van der Waals surface area contributed by atoms with Crippen LogP contribution in [0.3, 0.4) is 0 Å². The first kappa shape index (κ1) is 27.5. The fourth-order valence-electron chi connectivity index (χ4n) is 4.03. The number of sulfone groups is 1. The largest absolute Gasteiger partial charge is 0.357 e. The molecule has 2 N–H and O–H groups in total. The molecule has 0 aromatic carbocycles. The van der Waals surface area contributed by atoms with Crippen LogP contribution in [0, 0.1) is 11.3 Å². The van der Waals surface area contributed by atoms with Gasteiger partial charge in [0.25, 0.3) is 0 Å². The topological polar surface area (TPSA) is 90.9 Å². The fourth-order valence-corrected chi connectivity index (χ4v) is 4.96. The summed E-state index contributed by atoms with van der Waals surface area (Å²) in [5.41, 5.74) is -0.190. The smallest absolute Gasteiger partial charge is 0.225 e. The third kappa shape index (κ3) is 9.70. The Hall–Kier alpha value is -0.580. The Morgan fingerprint density at radius 1 is 1.17 bits per heavy atom. The van der Waals surface area contributed by atoms with Gasteiger partial charge in [-0.15, -0.1) is 24.0 Å². The lowest BCUT2D eigenvalue weighted by Gasteiger charge is -2.26. The zero-order valence-corrected chi connectivity index (χ0v) is 22.2. The molecule has 30 heavy (non-hydrogen) atoms. The second-order valence-corrected chi connectivity index (χ2v) is 11.7. The zero-order valence-electron chi connectivity index (χ0n) is 19.1. The molecule has 1 saturated heterocycles. The lowest BCUT2D eigenvalue weighted by molar-refractivity contribution is -0.135. The molecule has 0 spiro atoms. The van der Waals surface area contributed by atoms with E-state index in [0.717, 1.165) is 44.9 Å². The van der Waals surface area contributed by atoms with E-state index < -0.39 is 9.84 Å². The molecule has 2 fully saturated rings. The van der Waals surface area contributed by atoms with E-state index in [0.29, 0.717) is 18.9 Å². The molecule has 1 aliphatic heterocycles. The lowest BCUT2D eigenvalue weighted by atomic mass is 9.88. The minimum atomic E-state index is -2.97. The van der Waals surface area contributed by atoms with Gasteiger partial charge in [-0.05, 0) is 38.0 Å². The minimum Gasteiger partial charge on any atom is -0.357 e. The summed E-state index contributed by atoms with van der Waals surface area (Å²) in [5, 5.41) is 6.76. The third-order valence-corrected chi connectivity index (χ3v) is 6.90. The van der Waals surface area contributed by atoms with E-state index in [2.05, 4.69) is 10.6 Å². The number of carbonyl (C=O) groups excluding carboxylic acids is 1. The van der Waals surface area contributed by atoms with Gasteiger partial charge in [0, 0.05) is 44.4 Å². The van der Waals surface area contributed by atoms with Crippen molar-refractivity contribution in [2.75, 3.05) is 38.2 Å². The molecule has 0 bridgehead atoms. The number of aliphatic imine (C=N–C) groups is 1. The number of hydrogen-bond donors (Lipinski definition) is 2. The molecule has 7 nitrogen and oxygen atoms in total. The number of rotatable bonds is 8. The number of carbonyl (C=O) groups is 1. The summed E-state index contributed by atoms with van der Waals surface area (Å²) >= 11 is 0. The summed E-state index contributed by atoms with van der Waals surface area (Å²) in [6.45, 7) is 8.97. The number of halogens is 1. The van der Waals surface area contributed by atoms with Crippen LogP contribution in [0.2, 0.25) is 0 Å². The number of guanidine groups is 1. The second kappa shape index (κ2) is 12.5. The predicted octanol–water partition coefficient (Wildman–Crippen LogP) is 2.80. The average Bonchev–Trinajstić information content (AvgIpc) is 3.13. The van der Waals surface area contributed by atoms with Crippen LogP contribution in [0.25, 0.3) is 0 Å². The maximum absolute atomic E-state index is 12.8. The van der Waals surface area contributed by atoms with Gasteiger partial charge in [0.2, 0.25) is 5.91 Å². The lowest BCUT2D eigenvalue weighted by Crippen LogP contribution is -2.46. The van der Waals surface area contributed by atoms with Crippen molar-refractivity contribution in [3.05, 3.63) is 0 Å². The van der Waals surface area contributed by atoms with E-state index in [-0.39, 0.29) is 47.1 Å². The van der Waals surface area contributed by atoms with Crippen LogP contribution in [0.15, 0.2) is 4.99 Å². The molecule has 9 heteroatoms. The molecule has 2 rings (SSSR count). The highest BCUT2D eigenvalue weighted by molar-refractivity contribution is 14.0. The van der Waals surface area contributed by atoms with E-state index in [1.807, 2.05) is 25.7 Å². The van der Waals surface area contributed by atoms with Gasteiger partial charge in [-0.2, -0.15) is 0 Å². The Balaban J connectivity index is 0.00000450. The van der Waals surface area contributed by atoms with Crippen molar-refractivity contribution in [2.24, 2.45) is 16.3 Å². The predicted molar refractivity (Wildman–Crippen MR) is 134 cm³/mol. The van der Waals surface area contributed by atoms with E-state index in [1.54, 1.807) is 0 Å². The molecule has 0 aromatic rings. The van der Waals surface area contributed by atoms with Crippen LogP contribution in [0.1, 0.15) is 65.7 Å². The molecule has 1 unspecified atom stereocenters. The molecular formula is C21H41IN4O3S. The third-order valence-electron chi connectivity index (χ3n) is 5.95. The van der Waals surface area contributed by atoms with Crippen LogP contribution in [-0.2, 0) is 14.6 Å². The number of hydrogen-bond acceptors (Lipinski definition) is 4. The van der Waals surface area contributed by atoms with Gasteiger partial charge in [0.1, 0.15) is 9.84 Å². The SMILES string of the molecule is CCNC(=NCC(C)(C)CCS(C)(=O)=O)NC1CCN(C(=O)C2CCCCC2)C1.I. The maximum Gasteiger partial charge on any atom is 0.225 e. The fraction of sp³-hybridized carbons (Fsp3) is 0.905. The summed E-state index contributed by atoms with van der Waals surface area (Å²) in [4.78, 5) is 19.5. The van der Waals surface area contributed by atoms with Crippen LogP contribution in [0.5, 0.6) is 0 Å². The monoisotopic (exact) mass is 556 g/mol. The molecule has 176 valence electrons. The maximum atomic E-state index is 12.8. The Morgan fingerprint density at radius 3 is 2.43 bits per heavy atom. The number of nitrogens with one attached hydrogen (secondary N) is 2. The summed E-state index contributed by atoms with van der Waals surface area (Å²) in [5.74, 6) is 1.48. The van der Waals surface area contributed by atoms with Crippen LogP contribution < -0.4 is 10.6 Å². The van der Waals surface area contributed by atoms with Crippen LogP contribution in [0.4, 0.5) is 0 Å². The molecule has 0 radical (unpaired) electrons. The van der Waals surface area contributed by atoms with Gasteiger partial charge in [-0.1, -0.05) is 33.1 Å². The highest BCUT2D eigenvalue weighted by Gasteiger charge is 2.32. The van der Waals surface area contributed by atoms with Gasteiger partial charge >= 0.3 is 0 Å². The van der Waals surface area contributed by atoms with E-state index in [1.165, 1.54) is 25.5 Å². The number of nitrogens with zero attached hydrogens (tertiary/aromatic N) is 2. The summed E-state index contributed by atoms with van der Waals surface area (Å²) in [6, 6.07) is 0.208. The van der Waals surface area contributed by atoms with E-state index in [9.17, 15) is 13.2 Å². The molecule has 1 saturated carbocycles. The summed E-state index contributed by atoms with van der Waals surface area (Å²) in [6.07, 6.45) is 8.49. The van der Waals surface area contributed by atoms with Crippen molar-refractivity contribution >= 4 is 45.7 Å². The van der Waals surface area contributed by atoms with Crippen molar-refractivity contribution in [1.82, 2.24) is 15.5 Å². The van der Waals surface area contributed by atoms with Gasteiger partial charge < -0.3 is 15.5 Å². The molecule has 2 aliphatic rings.